The molecule has 2 rings (SSSR count). The summed E-state index contributed by atoms with van der Waals surface area (Å²) in [5.41, 5.74) is 0. The van der Waals surface area contributed by atoms with Gasteiger partial charge in [-0.3, -0.25) is 0 Å². The normalized spacial score (nSPS) is 12.6. The first-order valence-electron chi connectivity index (χ1n) is 6.36. The zero-order valence-corrected chi connectivity index (χ0v) is 13.4. The van der Waals surface area contributed by atoms with Crippen molar-refractivity contribution in [1.82, 2.24) is 9.97 Å². The molecule has 0 bridgehead atoms. The van der Waals surface area contributed by atoms with Crippen LogP contribution in [-0.4, -0.2) is 42.1 Å². The number of anilines is 2. The van der Waals surface area contributed by atoms with Gasteiger partial charge < -0.3 is 10.2 Å². The average Bonchev–Trinajstić information content (AvgIpc) is 2.91. The van der Waals surface area contributed by atoms with Crippen LogP contribution in [0.1, 0.15) is 13.3 Å². The smallest absolute Gasteiger partial charge is 0.225 e. The highest BCUT2D eigenvalue weighted by Crippen LogP contribution is 2.30. The molecule has 0 aliphatic heterocycles. The highest BCUT2D eigenvalue weighted by Gasteiger charge is 2.18. The third kappa shape index (κ3) is 2.95. The molecule has 1 unspecified atom stereocenters. The second kappa shape index (κ2) is 6.43. The van der Waals surface area contributed by atoms with Gasteiger partial charge in [-0.25, -0.2) is 4.98 Å². The maximum atomic E-state index is 4.64. The van der Waals surface area contributed by atoms with Crippen LogP contribution in [0.2, 0.25) is 0 Å². The van der Waals surface area contributed by atoms with E-state index in [4.69, 9.17) is 0 Å². The van der Waals surface area contributed by atoms with Gasteiger partial charge in [-0.05, 0) is 24.1 Å². The summed E-state index contributed by atoms with van der Waals surface area (Å²) in [5, 5.41) is 6.27. The Balaban J connectivity index is 2.44. The molecule has 0 saturated carbocycles. The van der Waals surface area contributed by atoms with E-state index in [2.05, 4.69) is 51.9 Å². The average molecular weight is 296 g/mol. The Labute approximate surface area is 122 Å². The van der Waals surface area contributed by atoms with Gasteiger partial charge in [-0.15, -0.1) is 11.3 Å². The highest BCUT2D eigenvalue weighted by atomic mass is 32.2. The standard InChI is InChI=1S/C13H20N4S2/c1-5-9(8-18-4)17(3)11-10-6-7-19-12(10)16-13(14-2)15-11/h6-7,9H,5,8H2,1-4H3,(H,14,15,16). The fourth-order valence-corrected chi connectivity index (χ4v) is 3.69. The molecule has 0 aliphatic carbocycles. The van der Waals surface area contributed by atoms with E-state index < -0.39 is 0 Å². The maximum Gasteiger partial charge on any atom is 0.225 e. The molecule has 0 aliphatic rings. The molecular formula is C13H20N4S2. The van der Waals surface area contributed by atoms with Crippen molar-refractivity contribution >= 4 is 45.1 Å². The first-order valence-corrected chi connectivity index (χ1v) is 8.63. The van der Waals surface area contributed by atoms with E-state index in [-0.39, 0.29) is 0 Å². The van der Waals surface area contributed by atoms with Crippen molar-refractivity contribution in [2.75, 3.05) is 36.3 Å². The van der Waals surface area contributed by atoms with Gasteiger partial charge in [-0.2, -0.15) is 16.7 Å². The Morgan fingerprint density at radius 2 is 2.26 bits per heavy atom. The van der Waals surface area contributed by atoms with E-state index in [1.54, 1.807) is 11.3 Å². The van der Waals surface area contributed by atoms with Crippen LogP contribution >= 0.6 is 23.1 Å². The van der Waals surface area contributed by atoms with Crippen LogP contribution in [0.5, 0.6) is 0 Å². The molecule has 104 valence electrons. The van der Waals surface area contributed by atoms with E-state index in [9.17, 15) is 0 Å². The van der Waals surface area contributed by atoms with E-state index in [0.717, 1.165) is 28.2 Å². The minimum Gasteiger partial charge on any atom is -0.357 e. The molecule has 19 heavy (non-hydrogen) atoms. The van der Waals surface area contributed by atoms with Crippen molar-refractivity contribution < 1.29 is 0 Å². The lowest BCUT2D eigenvalue weighted by Gasteiger charge is -2.28. The zero-order chi connectivity index (χ0) is 13.8. The molecule has 2 aromatic heterocycles. The molecule has 2 heterocycles. The van der Waals surface area contributed by atoms with Crippen molar-refractivity contribution in [1.29, 1.82) is 0 Å². The molecule has 0 fully saturated rings. The molecule has 1 N–H and O–H groups in total. The molecule has 0 aromatic carbocycles. The van der Waals surface area contributed by atoms with E-state index >= 15 is 0 Å². The van der Waals surface area contributed by atoms with Gasteiger partial charge >= 0.3 is 0 Å². The number of thioether (sulfide) groups is 1. The molecule has 4 nitrogen and oxygen atoms in total. The molecule has 0 spiro atoms. The van der Waals surface area contributed by atoms with Gasteiger partial charge in [0.05, 0.1) is 5.39 Å². The monoisotopic (exact) mass is 296 g/mol. The number of nitrogens with one attached hydrogen (secondary N) is 1. The fraction of sp³-hybridized carbons (Fsp3) is 0.538. The minimum atomic E-state index is 0.498. The number of aromatic nitrogens is 2. The van der Waals surface area contributed by atoms with E-state index in [1.165, 1.54) is 0 Å². The van der Waals surface area contributed by atoms with Crippen LogP contribution in [0.3, 0.4) is 0 Å². The summed E-state index contributed by atoms with van der Waals surface area (Å²) in [4.78, 5) is 12.5. The third-order valence-electron chi connectivity index (χ3n) is 3.24. The molecule has 6 heteroatoms. The van der Waals surface area contributed by atoms with Gasteiger partial charge in [0.1, 0.15) is 10.6 Å². The Morgan fingerprint density at radius 3 is 2.89 bits per heavy atom. The van der Waals surface area contributed by atoms with Gasteiger partial charge in [0.25, 0.3) is 0 Å². The summed E-state index contributed by atoms with van der Waals surface area (Å²) >= 11 is 3.53. The Bertz CT molecular complexity index is 540. The fourth-order valence-electron chi connectivity index (χ4n) is 2.09. The summed E-state index contributed by atoms with van der Waals surface area (Å²) in [7, 11) is 3.99. The summed E-state index contributed by atoms with van der Waals surface area (Å²) in [5.74, 6) is 2.82. The van der Waals surface area contributed by atoms with Gasteiger partial charge in [0.2, 0.25) is 5.95 Å². The van der Waals surface area contributed by atoms with Crippen LogP contribution in [0.25, 0.3) is 10.2 Å². The summed E-state index contributed by atoms with van der Waals surface area (Å²) in [6.07, 6.45) is 3.26. The Hall–Kier alpha value is -1.01. The Kier molecular flexibility index (Phi) is 4.87. The number of fused-ring (bicyclic) bond motifs is 1. The first-order chi connectivity index (χ1) is 9.21. The number of hydrogen-bond acceptors (Lipinski definition) is 6. The van der Waals surface area contributed by atoms with Crippen molar-refractivity contribution in [3.05, 3.63) is 11.4 Å². The van der Waals surface area contributed by atoms with Crippen LogP contribution in [0.4, 0.5) is 11.8 Å². The van der Waals surface area contributed by atoms with Crippen LogP contribution in [0.15, 0.2) is 11.4 Å². The molecular weight excluding hydrogens is 276 g/mol. The number of nitrogens with zero attached hydrogens (tertiary/aromatic N) is 3. The van der Waals surface area contributed by atoms with Crippen molar-refractivity contribution in [3.63, 3.8) is 0 Å². The molecule has 0 amide bonds. The van der Waals surface area contributed by atoms with E-state index in [1.807, 2.05) is 18.8 Å². The maximum absolute atomic E-state index is 4.64. The molecule has 0 saturated heterocycles. The highest BCUT2D eigenvalue weighted by molar-refractivity contribution is 7.98. The minimum absolute atomic E-state index is 0.498. The third-order valence-corrected chi connectivity index (χ3v) is 4.77. The SMILES string of the molecule is CCC(CSC)N(C)c1nc(NC)nc2sccc12. The van der Waals surface area contributed by atoms with Crippen molar-refractivity contribution in [3.8, 4) is 0 Å². The van der Waals surface area contributed by atoms with E-state index in [0.29, 0.717) is 12.0 Å². The first kappa shape index (κ1) is 14.4. The number of thiophene rings is 1. The lowest BCUT2D eigenvalue weighted by Crippen LogP contribution is -2.34. The number of rotatable bonds is 6. The van der Waals surface area contributed by atoms with Crippen LogP contribution in [-0.2, 0) is 0 Å². The zero-order valence-electron chi connectivity index (χ0n) is 11.8. The second-order valence-electron chi connectivity index (χ2n) is 4.39. The summed E-state index contributed by atoms with van der Waals surface area (Å²) < 4.78 is 0. The topological polar surface area (TPSA) is 41.1 Å². The Morgan fingerprint density at radius 1 is 1.47 bits per heavy atom. The summed E-state index contributed by atoms with van der Waals surface area (Å²) in [6.45, 7) is 2.22. The molecule has 2 aromatic rings. The predicted octanol–water partition coefficient (Wildman–Crippen LogP) is 3.31. The van der Waals surface area contributed by atoms with Gasteiger partial charge in [-0.1, -0.05) is 6.92 Å². The van der Waals surface area contributed by atoms with Gasteiger partial charge in [0.15, 0.2) is 0 Å². The molecule has 0 radical (unpaired) electrons. The van der Waals surface area contributed by atoms with Crippen LogP contribution < -0.4 is 10.2 Å². The lowest BCUT2D eigenvalue weighted by molar-refractivity contribution is 0.668. The largest absolute Gasteiger partial charge is 0.357 e. The van der Waals surface area contributed by atoms with Gasteiger partial charge in [0, 0.05) is 25.9 Å². The summed E-state index contributed by atoms with van der Waals surface area (Å²) in [6, 6.07) is 2.61. The van der Waals surface area contributed by atoms with Crippen LogP contribution in [0, 0.1) is 0 Å². The van der Waals surface area contributed by atoms with Crippen molar-refractivity contribution in [2.45, 2.75) is 19.4 Å². The number of hydrogen-bond donors (Lipinski definition) is 1. The predicted molar refractivity (Wildman–Crippen MR) is 87.8 cm³/mol. The quantitative estimate of drug-likeness (QED) is 0.885. The lowest BCUT2D eigenvalue weighted by atomic mass is 10.2. The molecule has 1 atom stereocenters. The second-order valence-corrected chi connectivity index (χ2v) is 6.19. The van der Waals surface area contributed by atoms with Crippen molar-refractivity contribution in [2.24, 2.45) is 0 Å².